The van der Waals surface area contributed by atoms with Crippen molar-refractivity contribution in [3.63, 3.8) is 0 Å². The van der Waals surface area contributed by atoms with Crippen molar-refractivity contribution < 1.29 is 4.74 Å². The molecule has 0 radical (unpaired) electrons. The van der Waals surface area contributed by atoms with Crippen LogP contribution in [0.1, 0.15) is 11.5 Å². The van der Waals surface area contributed by atoms with Crippen LogP contribution in [0.4, 0.5) is 0 Å². The number of benzene rings is 1. The fourth-order valence-electron chi connectivity index (χ4n) is 1.64. The molecule has 0 bridgehead atoms. The van der Waals surface area contributed by atoms with E-state index < -0.39 is 0 Å². The first-order chi connectivity index (χ1) is 8.22. The van der Waals surface area contributed by atoms with Gasteiger partial charge in [-0.05, 0) is 37.3 Å². The first kappa shape index (κ1) is 11.5. The molecule has 17 heavy (non-hydrogen) atoms. The zero-order chi connectivity index (χ0) is 12.3. The molecule has 4 nitrogen and oxygen atoms in total. The van der Waals surface area contributed by atoms with Gasteiger partial charge in [-0.25, -0.2) is 9.97 Å². The van der Waals surface area contributed by atoms with Gasteiger partial charge in [0, 0.05) is 12.1 Å². The average molecular weight is 229 g/mol. The Morgan fingerprint density at radius 1 is 1.18 bits per heavy atom. The lowest BCUT2D eigenvalue weighted by molar-refractivity contribution is 0.415. The van der Waals surface area contributed by atoms with Gasteiger partial charge in [0.25, 0.3) is 0 Å². The normalized spacial score (nSPS) is 10.3. The smallest absolute Gasteiger partial charge is 0.126 e. The molecule has 2 rings (SSSR count). The Morgan fingerprint density at radius 2 is 1.88 bits per heavy atom. The number of aryl methyl sites for hydroxylation is 1. The maximum atomic E-state index is 5.60. The molecule has 0 fully saturated rings. The number of ether oxygens (including phenoxy) is 1. The third-order valence-electron chi connectivity index (χ3n) is 2.49. The van der Waals surface area contributed by atoms with E-state index in [9.17, 15) is 0 Å². The summed E-state index contributed by atoms with van der Waals surface area (Å²) >= 11 is 0. The molecule has 0 spiro atoms. The summed E-state index contributed by atoms with van der Waals surface area (Å²) in [6.45, 7) is 2.29. The summed E-state index contributed by atoms with van der Waals surface area (Å²) in [6.07, 6.45) is 0. The van der Waals surface area contributed by atoms with Crippen molar-refractivity contribution in [3.8, 4) is 17.0 Å². The number of rotatable bonds is 3. The summed E-state index contributed by atoms with van der Waals surface area (Å²) in [5, 5.41) is 0. The van der Waals surface area contributed by atoms with E-state index in [1.807, 2.05) is 37.3 Å². The second-order valence-corrected chi connectivity index (χ2v) is 3.72. The molecule has 1 heterocycles. The maximum Gasteiger partial charge on any atom is 0.126 e. The predicted octanol–water partition coefficient (Wildman–Crippen LogP) is 1.92. The highest BCUT2D eigenvalue weighted by Crippen LogP contribution is 2.21. The first-order valence-electron chi connectivity index (χ1n) is 5.42. The van der Waals surface area contributed by atoms with Gasteiger partial charge in [0.15, 0.2) is 0 Å². The SMILES string of the molecule is COc1ccc(-c2cc(CN)nc(C)n2)cc1. The Bertz CT molecular complexity index is 509. The van der Waals surface area contributed by atoms with E-state index >= 15 is 0 Å². The Labute approximate surface area is 100 Å². The second kappa shape index (κ2) is 4.93. The highest BCUT2D eigenvalue weighted by molar-refractivity contribution is 5.60. The fourth-order valence-corrected chi connectivity index (χ4v) is 1.64. The second-order valence-electron chi connectivity index (χ2n) is 3.72. The lowest BCUT2D eigenvalue weighted by Gasteiger charge is -2.05. The molecule has 1 aromatic carbocycles. The molecule has 0 saturated heterocycles. The Hall–Kier alpha value is -1.94. The van der Waals surface area contributed by atoms with E-state index in [2.05, 4.69) is 9.97 Å². The zero-order valence-corrected chi connectivity index (χ0v) is 9.97. The van der Waals surface area contributed by atoms with Crippen LogP contribution in [0.25, 0.3) is 11.3 Å². The number of aromatic nitrogens is 2. The summed E-state index contributed by atoms with van der Waals surface area (Å²) in [6, 6.07) is 9.68. The van der Waals surface area contributed by atoms with E-state index in [0.717, 1.165) is 28.5 Å². The van der Waals surface area contributed by atoms with Crippen LogP contribution in [0, 0.1) is 6.92 Å². The van der Waals surface area contributed by atoms with Gasteiger partial charge in [0.1, 0.15) is 11.6 Å². The lowest BCUT2D eigenvalue weighted by Crippen LogP contribution is -2.03. The Morgan fingerprint density at radius 3 is 2.47 bits per heavy atom. The molecule has 0 aliphatic heterocycles. The molecule has 0 aliphatic rings. The minimum atomic E-state index is 0.423. The standard InChI is InChI=1S/C13H15N3O/c1-9-15-11(8-14)7-13(16-9)10-3-5-12(17-2)6-4-10/h3-7H,8,14H2,1-2H3. The molecule has 2 aromatic rings. The topological polar surface area (TPSA) is 61.0 Å². The van der Waals surface area contributed by atoms with Crippen molar-refractivity contribution in [1.29, 1.82) is 0 Å². The van der Waals surface area contributed by atoms with Gasteiger partial charge in [-0.2, -0.15) is 0 Å². The molecular formula is C13H15N3O. The minimum Gasteiger partial charge on any atom is -0.497 e. The van der Waals surface area contributed by atoms with Crippen LogP contribution in [0.5, 0.6) is 5.75 Å². The number of hydrogen-bond donors (Lipinski definition) is 1. The largest absolute Gasteiger partial charge is 0.497 e. The summed E-state index contributed by atoms with van der Waals surface area (Å²) < 4.78 is 5.12. The van der Waals surface area contributed by atoms with E-state index in [1.165, 1.54) is 0 Å². The third-order valence-corrected chi connectivity index (χ3v) is 2.49. The summed E-state index contributed by atoms with van der Waals surface area (Å²) in [5.41, 5.74) is 8.37. The number of nitrogens with zero attached hydrogens (tertiary/aromatic N) is 2. The van der Waals surface area contributed by atoms with E-state index in [1.54, 1.807) is 7.11 Å². The van der Waals surface area contributed by atoms with Crippen LogP contribution in [0.15, 0.2) is 30.3 Å². The van der Waals surface area contributed by atoms with Crippen LogP contribution >= 0.6 is 0 Å². The molecule has 2 N–H and O–H groups in total. The summed E-state index contributed by atoms with van der Waals surface area (Å²) in [4.78, 5) is 8.65. The molecule has 0 aliphatic carbocycles. The van der Waals surface area contributed by atoms with E-state index in [-0.39, 0.29) is 0 Å². The average Bonchev–Trinajstić information content (AvgIpc) is 2.38. The van der Waals surface area contributed by atoms with Crippen LogP contribution in [0.2, 0.25) is 0 Å². The Kier molecular flexibility index (Phi) is 3.35. The van der Waals surface area contributed by atoms with Gasteiger partial charge in [0.2, 0.25) is 0 Å². The number of nitrogens with two attached hydrogens (primary N) is 1. The lowest BCUT2D eigenvalue weighted by atomic mass is 10.1. The maximum absolute atomic E-state index is 5.60. The number of hydrogen-bond acceptors (Lipinski definition) is 4. The van der Waals surface area contributed by atoms with Gasteiger partial charge >= 0.3 is 0 Å². The van der Waals surface area contributed by atoms with Gasteiger partial charge in [-0.1, -0.05) is 0 Å². The first-order valence-corrected chi connectivity index (χ1v) is 5.42. The van der Waals surface area contributed by atoms with Gasteiger partial charge in [-0.15, -0.1) is 0 Å². The van der Waals surface area contributed by atoms with Gasteiger partial charge < -0.3 is 10.5 Å². The Balaban J connectivity index is 2.41. The van der Waals surface area contributed by atoms with E-state index in [0.29, 0.717) is 6.54 Å². The molecule has 4 heteroatoms. The van der Waals surface area contributed by atoms with Gasteiger partial charge in [0.05, 0.1) is 18.5 Å². The van der Waals surface area contributed by atoms with Crippen LogP contribution in [0.3, 0.4) is 0 Å². The number of methoxy groups -OCH3 is 1. The quantitative estimate of drug-likeness (QED) is 0.873. The van der Waals surface area contributed by atoms with Crippen molar-refractivity contribution in [3.05, 3.63) is 41.9 Å². The highest BCUT2D eigenvalue weighted by atomic mass is 16.5. The molecule has 0 unspecified atom stereocenters. The van der Waals surface area contributed by atoms with Crippen LogP contribution in [-0.2, 0) is 6.54 Å². The molecule has 0 atom stereocenters. The van der Waals surface area contributed by atoms with Crippen LogP contribution < -0.4 is 10.5 Å². The highest BCUT2D eigenvalue weighted by Gasteiger charge is 2.03. The van der Waals surface area contributed by atoms with Crippen molar-refractivity contribution in [2.45, 2.75) is 13.5 Å². The molecule has 1 aromatic heterocycles. The summed E-state index contributed by atoms with van der Waals surface area (Å²) in [5.74, 6) is 1.57. The molecular weight excluding hydrogens is 214 g/mol. The monoisotopic (exact) mass is 229 g/mol. The minimum absolute atomic E-state index is 0.423. The third kappa shape index (κ3) is 2.60. The molecule has 0 amide bonds. The van der Waals surface area contributed by atoms with Crippen molar-refractivity contribution in [1.82, 2.24) is 9.97 Å². The van der Waals surface area contributed by atoms with Crippen molar-refractivity contribution in [2.75, 3.05) is 7.11 Å². The fraction of sp³-hybridized carbons (Fsp3) is 0.231. The van der Waals surface area contributed by atoms with Gasteiger partial charge in [-0.3, -0.25) is 0 Å². The zero-order valence-electron chi connectivity index (χ0n) is 9.97. The van der Waals surface area contributed by atoms with E-state index in [4.69, 9.17) is 10.5 Å². The molecule has 0 saturated carbocycles. The van der Waals surface area contributed by atoms with Crippen LogP contribution in [-0.4, -0.2) is 17.1 Å². The van der Waals surface area contributed by atoms with Crippen molar-refractivity contribution in [2.24, 2.45) is 5.73 Å². The summed E-state index contributed by atoms with van der Waals surface area (Å²) in [7, 11) is 1.65. The predicted molar refractivity (Wildman–Crippen MR) is 66.6 cm³/mol. The van der Waals surface area contributed by atoms with Crippen molar-refractivity contribution >= 4 is 0 Å². The molecule has 88 valence electrons.